The lowest BCUT2D eigenvalue weighted by molar-refractivity contribution is 0.318. The quantitative estimate of drug-likeness (QED) is 0.681. The number of pyridine rings is 1. The molecule has 1 aromatic heterocycles. The average molecular weight is 279 g/mol. The molecule has 2 nitrogen and oxygen atoms in total. The van der Waals surface area contributed by atoms with E-state index in [0.717, 1.165) is 11.4 Å². The standard InChI is InChI=1S/C7H5Br2NO/c8-5-4-2-1-3-10-7(4)11-6(5)9/h1-3,5-6H/t5-,6-/m1/s1. The van der Waals surface area contributed by atoms with Crippen LogP contribution in [0.3, 0.4) is 0 Å². The summed E-state index contributed by atoms with van der Waals surface area (Å²) in [5.74, 6) is 0.719. The Morgan fingerprint density at radius 3 is 3.00 bits per heavy atom. The van der Waals surface area contributed by atoms with Crippen LogP contribution in [0.15, 0.2) is 18.3 Å². The van der Waals surface area contributed by atoms with Crippen LogP contribution in [0.1, 0.15) is 10.4 Å². The molecule has 1 aliphatic heterocycles. The van der Waals surface area contributed by atoms with Crippen molar-refractivity contribution in [1.29, 1.82) is 0 Å². The van der Waals surface area contributed by atoms with Gasteiger partial charge in [0.25, 0.3) is 0 Å². The second-order valence-corrected chi connectivity index (χ2v) is 4.16. The van der Waals surface area contributed by atoms with Crippen molar-refractivity contribution >= 4 is 31.9 Å². The minimum Gasteiger partial charge on any atom is -0.461 e. The number of aromatic nitrogens is 1. The number of alkyl halides is 2. The van der Waals surface area contributed by atoms with Crippen molar-refractivity contribution in [1.82, 2.24) is 4.98 Å². The lowest BCUT2D eigenvalue weighted by atomic mass is 10.2. The van der Waals surface area contributed by atoms with Crippen LogP contribution in [-0.4, -0.2) is 10.00 Å². The molecule has 0 radical (unpaired) electrons. The Hall–Kier alpha value is -0.0900. The summed E-state index contributed by atoms with van der Waals surface area (Å²) in [5.41, 5.74) is 1.11. The fraction of sp³-hybridized carbons (Fsp3) is 0.286. The van der Waals surface area contributed by atoms with Gasteiger partial charge >= 0.3 is 0 Å². The van der Waals surface area contributed by atoms with Gasteiger partial charge in [0.15, 0.2) is 5.01 Å². The van der Waals surface area contributed by atoms with Gasteiger partial charge in [-0.1, -0.05) is 22.0 Å². The summed E-state index contributed by atoms with van der Waals surface area (Å²) in [4.78, 5) is 4.29. The van der Waals surface area contributed by atoms with Crippen LogP contribution in [0.25, 0.3) is 0 Å². The van der Waals surface area contributed by atoms with E-state index in [-0.39, 0.29) is 9.84 Å². The molecule has 1 aromatic rings. The zero-order chi connectivity index (χ0) is 7.84. The highest BCUT2D eigenvalue weighted by atomic mass is 79.9. The zero-order valence-corrected chi connectivity index (χ0v) is 8.67. The van der Waals surface area contributed by atoms with Crippen LogP contribution in [0.4, 0.5) is 0 Å². The summed E-state index contributed by atoms with van der Waals surface area (Å²) in [6.45, 7) is 0. The van der Waals surface area contributed by atoms with E-state index in [9.17, 15) is 0 Å². The highest BCUT2D eigenvalue weighted by Gasteiger charge is 2.30. The molecule has 0 aromatic carbocycles. The molecule has 4 heteroatoms. The van der Waals surface area contributed by atoms with E-state index in [1.807, 2.05) is 12.1 Å². The van der Waals surface area contributed by atoms with Crippen molar-refractivity contribution in [3.05, 3.63) is 23.9 Å². The Bertz CT molecular complexity index is 279. The van der Waals surface area contributed by atoms with Crippen LogP contribution in [-0.2, 0) is 0 Å². The van der Waals surface area contributed by atoms with Gasteiger partial charge in [0, 0.05) is 11.8 Å². The SMILES string of the molecule is Br[C@@H]1Oc2ncccc2[C@H]1Br. The Labute approximate surface area is 81.2 Å². The van der Waals surface area contributed by atoms with Gasteiger partial charge < -0.3 is 4.74 Å². The van der Waals surface area contributed by atoms with Crippen LogP contribution < -0.4 is 4.74 Å². The maximum absolute atomic E-state index is 5.38. The molecule has 2 rings (SSSR count). The summed E-state index contributed by atoms with van der Waals surface area (Å²) in [6, 6.07) is 3.91. The Kier molecular flexibility index (Phi) is 1.89. The summed E-state index contributed by atoms with van der Waals surface area (Å²) in [6.07, 6.45) is 1.73. The summed E-state index contributed by atoms with van der Waals surface area (Å²) < 4.78 is 5.38. The minimum absolute atomic E-state index is 0.00685. The Morgan fingerprint density at radius 1 is 1.45 bits per heavy atom. The number of halogens is 2. The molecule has 2 atom stereocenters. The monoisotopic (exact) mass is 277 g/mol. The number of hydrogen-bond donors (Lipinski definition) is 0. The van der Waals surface area contributed by atoms with E-state index in [1.165, 1.54) is 0 Å². The topological polar surface area (TPSA) is 22.1 Å². The molecule has 0 bridgehead atoms. The van der Waals surface area contributed by atoms with Crippen molar-refractivity contribution in [3.63, 3.8) is 0 Å². The second-order valence-electron chi connectivity index (χ2n) is 2.27. The van der Waals surface area contributed by atoms with Gasteiger partial charge in [0.05, 0.1) is 4.83 Å². The second kappa shape index (κ2) is 2.75. The molecule has 0 N–H and O–H groups in total. The van der Waals surface area contributed by atoms with E-state index < -0.39 is 0 Å². The van der Waals surface area contributed by atoms with Gasteiger partial charge in [0.1, 0.15) is 0 Å². The molecule has 1 aliphatic rings. The first kappa shape index (κ1) is 7.55. The van der Waals surface area contributed by atoms with Crippen molar-refractivity contribution in [3.8, 4) is 5.88 Å². The van der Waals surface area contributed by atoms with Crippen molar-refractivity contribution < 1.29 is 4.74 Å². The van der Waals surface area contributed by atoms with Gasteiger partial charge in [-0.2, -0.15) is 0 Å². The average Bonchev–Trinajstić information content (AvgIpc) is 2.30. The molecule has 0 saturated carbocycles. The molecule has 0 aliphatic carbocycles. The molecule has 0 amide bonds. The minimum atomic E-state index is 0.00685. The lowest BCUT2D eigenvalue weighted by Crippen LogP contribution is -2.03. The number of hydrogen-bond acceptors (Lipinski definition) is 2. The van der Waals surface area contributed by atoms with E-state index in [1.54, 1.807) is 6.20 Å². The number of rotatable bonds is 0. The van der Waals surface area contributed by atoms with Crippen molar-refractivity contribution in [2.45, 2.75) is 9.84 Å². The third-order valence-electron chi connectivity index (χ3n) is 1.55. The summed E-state index contributed by atoms with van der Waals surface area (Å²) >= 11 is 6.87. The molecule has 2 heterocycles. The molecular weight excluding hydrogens is 274 g/mol. The summed E-state index contributed by atoms with van der Waals surface area (Å²) in [5, 5.41) is 0.00685. The maximum atomic E-state index is 5.38. The predicted octanol–water partition coefficient (Wildman–Crippen LogP) is 2.63. The molecule has 0 saturated heterocycles. The first-order valence-corrected chi connectivity index (χ1v) is 5.02. The lowest BCUT2D eigenvalue weighted by Gasteiger charge is -2.02. The highest BCUT2D eigenvalue weighted by Crippen LogP contribution is 2.42. The first-order valence-electron chi connectivity index (χ1n) is 3.19. The fourth-order valence-corrected chi connectivity index (χ4v) is 1.94. The van der Waals surface area contributed by atoms with Crippen LogP contribution >= 0.6 is 31.9 Å². The summed E-state index contributed by atoms with van der Waals surface area (Å²) in [7, 11) is 0. The van der Waals surface area contributed by atoms with Crippen LogP contribution in [0.5, 0.6) is 5.88 Å². The third kappa shape index (κ3) is 1.18. The highest BCUT2D eigenvalue weighted by molar-refractivity contribution is 9.12. The fourth-order valence-electron chi connectivity index (χ4n) is 1.02. The van der Waals surface area contributed by atoms with Crippen molar-refractivity contribution in [2.75, 3.05) is 0 Å². The molecule has 0 fully saturated rings. The maximum Gasteiger partial charge on any atom is 0.219 e. The Morgan fingerprint density at radius 2 is 2.27 bits per heavy atom. The molecule has 0 spiro atoms. The number of ether oxygens (including phenoxy) is 1. The molecule has 0 unspecified atom stereocenters. The largest absolute Gasteiger partial charge is 0.461 e. The van der Waals surface area contributed by atoms with Crippen molar-refractivity contribution in [2.24, 2.45) is 0 Å². The zero-order valence-electron chi connectivity index (χ0n) is 5.50. The number of nitrogens with zero attached hydrogens (tertiary/aromatic N) is 1. The van der Waals surface area contributed by atoms with E-state index in [4.69, 9.17) is 4.74 Å². The third-order valence-corrected chi connectivity index (χ3v) is 3.95. The van der Waals surface area contributed by atoms with E-state index in [2.05, 4.69) is 36.8 Å². The van der Waals surface area contributed by atoms with Gasteiger partial charge in [0.2, 0.25) is 5.88 Å². The van der Waals surface area contributed by atoms with Crippen LogP contribution in [0.2, 0.25) is 0 Å². The van der Waals surface area contributed by atoms with Crippen LogP contribution in [0, 0.1) is 0 Å². The number of fused-ring (bicyclic) bond motifs is 1. The molecular formula is C7H5Br2NO. The van der Waals surface area contributed by atoms with Gasteiger partial charge in [-0.05, 0) is 22.0 Å². The van der Waals surface area contributed by atoms with Gasteiger partial charge in [-0.3, -0.25) is 0 Å². The first-order chi connectivity index (χ1) is 5.29. The van der Waals surface area contributed by atoms with Gasteiger partial charge in [-0.15, -0.1) is 0 Å². The predicted molar refractivity (Wildman–Crippen MR) is 49.2 cm³/mol. The molecule has 58 valence electrons. The Balaban J connectivity index is 2.47. The van der Waals surface area contributed by atoms with Gasteiger partial charge in [-0.25, -0.2) is 4.98 Å². The normalized spacial score (nSPS) is 27.8. The molecule has 11 heavy (non-hydrogen) atoms. The smallest absolute Gasteiger partial charge is 0.219 e. The van der Waals surface area contributed by atoms with E-state index >= 15 is 0 Å². The van der Waals surface area contributed by atoms with E-state index in [0.29, 0.717) is 0 Å².